The molecule has 0 bridgehead atoms. The van der Waals surface area contributed by atoms with E-state index in [9.17, 15) is 0 Å². The van der Waals surface area contributed by atoms with Crippen molar-refractivity contribution in [3.05, 3.63) is 44.4 Å². The van der Waals surface area contributed by atoms with Crippen LogP contribution in [0.1, 0.15) is 58.8 Å². The maximum absolute atomic E-state index is 6.23. The van der Waals surface area contributed by atoms with Crippen molar-refractivity contribution in [3.63, 3.8) is 0 Å². The van der Waals surface area contributed by atoms with Crippen molar-refractivity contribution in [1.82, 2.24) is 9.88 Å². The van der Waals surface area contributed by atoms with Gasteiger partial charge in [0, 0.05) is 48.7 Å². The van der Waals surface area contributed by atoms with Crippen molar-refractivity contribution in [2.24, 2.45) is 5.73 Å². The minimum absolute atomic E-state index is 0.266. The third-order valence-corrected chi connectivity index (χ3v) is 6.17. The lowest BCUT2D eigenvalue weighted by molar-refractivity contribution is 0.221. The third kappa shape index (κ3) is 3.46. The van der Waals surface area contributed by atoms with Crippen LogP contribution in [0.4, 0.5) is 0 Å². The number of nitrogens with two attached hydrogens (primary N) is 1. The largest absolute Gasteiger partial charge is 0.496 e. The average Bonchev–Trinajstić information content (AvgIpc) is 3.15. The van der Waals surface area contributed by atoms with E-state index in [1.54, 1.807) is 18.4 Å². The molecule has 136 valence electrons. The lowest BCUT2D eigenvalue weighted by Crippen LogP contribution is -2.30. The van der Waals surface area contributed by atoms with Gasteiger partial charge in [-0.2, -0.15) is 0 Å². The van der Waals surface area contributed by atoms with E-state index in [1.807, 2.05) is 0 Å². The number of aryl methyl sites for hydroxylation is 2. The number of methoxy groups -OCH3 is 1. The molecule has 2 N–H and O–H groups in total. The molecule has 2 heterocycles. The highest BCUT2D eigenvalue weighted by Crippen LogP contribution is 2.44. The quantitative estimate of drug-likeness (QED) is 0.848. The van der Waals surface area contributed by atoms with Gasteiger partial charge in [-0.05, 0) is 42.5 Å². The van der Waals surface area contributed by atoms with Crippen LogP contribution in [0.5, 0.6) is 5.75 Å². The first-order valence-corrected chi connectivity index (χ1v) is 9.89. The SMILES string of the molecule is COc1cc(C)c2c(c1C(C)C)C(CN)N(CCc1nc(C)cs1)C2. The highest BCUT2D eigenvalue weighted by Gasteiger charge is 2.34. The van der Waals surface area contributed by atoms with E-state index >= 15 is 0 Å². The topological polar surface area (TPSA) is 51.4 Å². The van der Waals surface area contributed by atoms with Crippen LogP contribution < -0.4 is 10.5 Å². The summed E-state index contributed by atoms with van der Waals surface area (Å²) >= 11 is 1.75. The molecule has 25 heavy (non-hydrogen) atoms. The van der Waals surface area contributed by atoms with Gasteiger partial charge in [-0.3, -0.25) is 4.90 Å². The van der Waals surface area contributed by atoms with Crippen molar-refractivity contribution in [2.45, 2.75) is 52.6 Å². The van der Waals surface area contributed by atoms with Gasteiger partial charge in [-0.1, -0.05) is 13.8 Å². The average molecular weight is 360 g/mol. The normalized spacial score (nSPS) is 17.3. The number of ether oxygens (including phenoxy) is 1. The smallest absolute Gasteiger partial charge is 0.122 e. The first-order valence-electron chi connectivity index (χ1n) is 9.01. The Morgan fingerprint density at radius 2 is 2.16 bits per heavy atom. The molecule has 2 aromatic rings. The van der Waals surface area contributed by atoms with Gasteiger partial charge in [0.25, 0.3) is 0 Å². The van der Waals surface area contributed by atoms with Gasteiger partial charge in [-0.15, -0.1) is 11.3 Å². The maximum Gasteiger partial charge on any atom is 0.122 e. The fourth-order valence-corrected chi connectivity index (χ4v) is 4.74. The fraction of sp³-hybridized carbons (Fsp3) is 0.550. The monoisotopic (exact) mass is 359 g/mol. The number of thiazole rings is 1. The second kappa shape index (κ2) is 7.44. The van der Waals surface area contributed by atoms with E-state index < -0.39 is 0 Å². The van der Waals surface area contributed by atoms with Gasteiger partial charge in [-0.25, -0.2) is 4.98 Å². The van der Waals surface area contributed by atoms with Gasteiger partial charge in [0.2, 0.25) is 0 Å². The predicted octanol–water partition coefficient (Wildman–Crippen LogP) is 3.95. The molecule has 0 saturated heterocycles. The summed E-state index contributed by atoms with van der Waals surface area (Å²) in [6.07, 6.45) is 0.982. The van der Waals surface area contributed by atoms with Gasteiger partial charge in [0.1, 0.15) is 5.75 Å². The summed E-state index contributed by atoms with van der Waals surface area (Å²) in [5.74, 6) is 1.42. The molecule has 0 radical (unpaired) electrons. The van der Waals surface area contributed by atoms with E-state index in [1.165, 1.54) is 27.3 Å². The number of hydrogen-bond acceptors (Lipinski definition) is 5. The van der Waals surface area contributed by atoms with Gasteiger partial charge in [0.05, 0.1) is 12.1 Å². The summed E-state index contributed by atoms with van der Waals surface area (Å²) in [6.45, 7) is 11.3. The lowest BCUT2D eigenvalue weighted by atomic mass is 9.88. The van der Waals surface area contributed by atoms with Crippen molar-refractivity contribution >= 4 is 11.3 Å². The van der Waals surface area contributed by atoms with Crippen LogP contribution >= 0.6 is 11.3 Å². The van der Waals surface area contributed by atoms with Crippen LogP contribution in [0.25, 0.3) is 0 Å². The highest BCUT2D eigenvalue weighted by molar-refractivity contribution is 7.09. The summed E-state index contributed by atoms with van der Waals surface area (Å²) < 4.78 is 5.71. The van der Waals surface area contributed by atoms with Crippen LogP contribution in [-0.4, -0.2) is 30.1 Å². The summed E-state index contributed by atoms with van der Waals surface area (Å²) in [7, 11) is 1.77. The Morgan fingerprint density at radius 3 is 2.72 bits per heavy atom. The number of rotatable bonds is 6. The van der Waals surface area contributed by atoms with E-state index in [0.717, 1.165) is 31.0 Å². The van der Waals surface area contributed by atoms with Crippen molar-refractivity contribution < 1.29 is 4.74 Å². The third-order valence-electron chi connectivity index (χ3n) is 5.14. The molecule has 1 aromatic carbocycles. The van der Waals surface area contributed by atoms with E-state index in [0.29, 0.717) is 12.5 Å². The Bertz CT molecular complexity index is 754. The number of nitrogens with zero attached hydrogens (tertiary/aromatic N) is 2. The van der Waals surface area contributed by atoms with E-state index in [2.05, 4.69) is 49.0 Å². The molecule has 4 nitrogen and oxygen atoms in total. The number of fused-ring (bicyclic) bond motifs is 1. The minimum atomic E-state index is 0.266. The van der Waals surface area contributed by atoms with Crippen molar-refractivity contribution in [2.75, 3.05) is 20.2 Å². The molecule has 5 heteroatoms. The Labute approximate surface area is 155 Å². The molecule has 3 rings (SSSR count). The first kappa shape index (κ1) is 18.4. The fourth-order valence-electron chi connectivity index (χ4n) is 3.98. The molecule has 0 fully saturated rings. The summed E-state index contributed by atoms with van der Waals surface area (Å²) in [5, 5.41) is 3.34. The molecular weight excluding hydrogens is 330 g/mol. The molecule has 1 aromatic heterocycles. The molecular formula is C20H29N3OS. The molecule has 0 saturated carbocycles. The molecule has 0 spiro atoms. The number of aromatic nitrogens is 1. The standard InChI is InChI=1S/C20H29N3OS/c1-12(2)19-17(24-5)8-13(3)15-10-23(16(9-21)20(15)19)7-6-18-22-14(4)11-25-18/h8,11-12,16H,6-7,9-10,21H2,1-5H3. The van der Waals surface area contributed by atoms with E-state index in [-0.39, 0.29) is 6.04 Å². The van der Waals surface area contributed by atoms with Gasteiger partial charge >= 0.3 is 0 Å². The molecule has 1 atom stereocenters. The van der Waals surface area contributed by atoms with E-state index in [4.69, 9.17) is 10.5 Å². The van der Waals surface area contributed by atoms with Crippen molar-refractivity contribution in [1.29, 1.82) is 0 Å². The first-order chi connectivity index (χ1) is 12.0. The predicted molar refractivity (Wildman–Crippen MR) is 105 cm³/mol. The van der Waals surface area contributed by atoms with Crippen LogP contribution in [0.2, 0.25) is 0 Å². The zero-order valence-corrected chi connectivity index (χ0v) is 16.7. The Morgan fingerprint density at radius 1 is 1.40 bits per heavy atom. The Hall–Kier alpha value is -1.43. The summed E-state index contributed by atoms with van der Waals surface area (Å²) in [4.78, 5) is 7.12. The van der Waals surface area contributed by atoms with Crippen LogP contribution in [-0.2, 0) is 13.0 Å². The Kier molecular flexibility index (Phi) is 5.46. The number of benzene rings is 1. The molecule has 1 unspecified atom stereocenters. The van der Waals surface area contributed by atoms with Crippen LogP contribution in [0, 0.1) is 13.8 Å². The van der Waals surface area contributed by atoms with Crippen LogP contribution in [0.15, 0.2) is 11.4 Å². The molecule has 0 amide bonds. The summed E-state index contributed by atoms with van der Waals surface area (Å²) in [6, 6.07) is 2.46. The lowest BCUT2D eigenvalue weighted by Gasteiger charge is -2.26. The Balaban J connectivity index is 1.92. The van der Waals surface area contributed by atoms with Crippen LogP contribution in [0.3, 0.4) is 0 Å². The number of hydrogen-bond donors (Lipinski definition) is 1. The highest BCUT2D eigenvalue weighted by atomic mass is 32.1. The van der Waals surface area contributed by atoms with Gasteiger partial charge in [0.15, 0.2) is 0 Å². The zero-order valence-electron chi connectivity index (χ0n) is 15.9. The molecule has 1 aliphatic heterocycles. The summed E-state index contributed by atoms with van der Waals surface area (Å²) in [5.41, 5.74) is 12.8. The zero-order chi connectivity index (χ0) is 18.1. The maximum atomic E-state index is 6.23. The second-order valence-electron chi connectivity index (χ2n) is 7.21. The molecule has 0 aliphatic carbocycles. The van der Waals surface area contributed by atoms with Crippen molar-refractivity contribution in [3.8, 4) is 5.75 Å². The second-order valence-corrected chi connectivity index (χ2v) is 8.15. The van der Waals surface area contributed by atoms with Gasteiger partial charge < -0.3 is 10.5 Å². The molecule has 1 aliphatic rings. The minimum Gasteiger partial charge on any atom is -0.496 e.